The third kappa shape index (κ3) is 5.59. The number of hydrogen-bond donors (Lipinski definition) is 6. The van der Waals surface area contributed by atoms with E-state index in [0.29, 0.717) is 0 Å². The monoisotopic (exact) mass is 672 g/mol. The van der Waals surface area contributed by atoms with Crippen LogP contribution in [-0.2, 0) is 28.5 Å². The van der Waals surface area contributed by atoms with Gasteiger partial charge in [-0.15, -0.1) is 0 Å². The molecule has 2 aromatic carbocycles. The first-order chi connectivity index (χ1) is 22.7. The van der Waals surface area contributed by atoms with Crippen molar-refractivity contribution >= 4 is 17.5 Å². The van der Waals surface area contributed by atoms with Gasteiger partial charge in [0.1, 0.15) is 29.6 Å². The van der Waals surface area contributed by atoms with Crippen molar-refractivity contribution in [1.82, 2.24) is 0 Å². The highest BCUT2D eigenvalue weighted by atomic mass is 16.7. The Hall–Kier alpha value is -3.47. The number of methoxy groups -OCH3 is 1. The molecule has 6 rings (SSSR count). The molecule has 0 bridgehead atoms. The van der Waals surface area contributed by atoms with Crippen LogP contribution in [0, 0.1) is 0 Å². The van der Waals surface area contributed by atoms with E-state index in [1.165, 1.54) is 24.3 Å². The molecule has 2 aromatic rings. The lowest BCUT2D eigenvalue weighted by molar-refractivity contribution is -0.318. The number of carbonyl (C=O) groups is 3. The molecule has 260 valence electrons. The lowest BCUT2D eigenvalue weighted by atomic mass is 9.67. The van der Waals surface area contributed by atoms with E-state index < -0.39 is 95.9 Å². The second kappa shape index (κ2) is 12.8. The maximum absolute atomic E-state index is 13.7. The van der Waals surface area contributed by atoms with E-state index in [2.05, 4.69) is 0 Å². The molecular formula is C34H40O14. The smallest absolute Gasteiger partial charge is 0.316 e. The second-order valence-electron chi connectivity index (χ2n) is 13.0. The van der Waals surface area contributed by atoms with Gasteiger partial charge in [-0.25, -0.2) is 0 Å². The molecule has 6 N–H and O–H groups in total. The summed E-state index contributed by atoms with van der Waals surface area (Å²) in [6, 6.07) is 5.32. The van der Waals surface area contributed by atoms with Gasteiger partial charge in [0.15, 0.2) is 18.4 Å². The van der Waals surface area contributed by atoms with Crippen molar-refractivity contribution < 1.29 is 68.7 Å². The molecule has 11 unspecified atom stereocenters. The van der Waals surface area contributed by atoms with Crippen LogP contribution in [0.3, 0.4) is 0 Å². The Morgan fingerprint density at radius 2 is 1.60 bits per heavy atom. The summed E-state index contributed by atoms with van der Waals surface area (Å²) in [5.74, 6) is -4.77. The fraction of sp³-hybridized carbons (Fsp3) is 0.559. The molecule has 11 atom stereocenters. The van der Waals surface area contributed by atoms with Crippen molar-refractivity contribution in [2.45, 2.75) is 113 Å². The molecule has 2 heterocycles. The number of rotatable bonds is 6. The molecule has 2 fully saturated rings. The molecule has 2 aliphatic carbocycles. The number of hydrogen-bond acceptors (Lipinski definition) is 14. The average molecular weight is 673 g/mol. The van der Waals surface area contributed by atoms with Gasteiger partial charge in [0.05, 0.1) is 54.4 Å². The molecule has 0 radical (unpaired) electrons. The highest BCUT2D eigenvalue weighted by Gasteiger charge is 2.53. The van der Waals surface area contributed by atoms with Crippen molar-refractivity contribution in [1.29, 1.82) is 0 Å². The average Bonchev–Trinajstić information content (AvgIpc) is 3.03. The van der Waals surface area contributed by atoms with Crippen molar-refractivity contribution in [2.75, 3.05) is 7.11 Å². The first kappa shape index (κ1) is 34.4. The molecule has 48 heavy (non-hydrogen) atoms. The Labute approximate surface area is 275 Å². The lowest BCUT2D eigenvalue weighted by Crippen LogP contribution is -2.54. The molecule has 0 spiro atoms. The van der Waals surface area contributed by atoms with E-state index in [-0.39, 0.29) is 59.1 Å². The maximum Gasteiger partial charge on any atom is 0.316 e. The largest absolute Gasteiger partial charge is 0.507 e. The Balaban J connectivity index is 1.35. The Kier molecular flexibility index (Phi) is 9.15. The minimum atomic E-state index is -1.78. The van der Waals surface area contributed by atoms with Crippen LogP contribution in [0.25, 0.3) is 0 Å². The van der Waals surface area contributed by atoms with E-state index in [9.17, 15) is 45.0 Å². The normalized spacial score (nSPS) is 36.2. The summed E-state index contributed by atoms with van der Waals surface area (Å²) in [5, 5.41) is 65.4. The number of ketones is 2. The minimum absolute atomic E-state index is 0.0235. The number of carbonyl (C=O) groups excluding carboxylic acids is 3. The van der Waals surface area contributed by atoms with Crippen LogP contribution >= 0.6 is 0 Å². The number of fused-ring (bicyclic) bond motifs is 3. The van der Waals surface area contributed by atoms with Crippen LogP contribution in [0.15, 0.2) is 24.3 Å². The molecule has 0 saturated carbocycles. The van der Waals surface area contributed by atoms with Crippen LogP contribution in [-0.4, -0.2) is 110 Å². The van der Waals surface area contributed by atoms with Gasteiger partial charge >= 0.3 is 5.97 Å². The van der Waals surface area contributed by atoms with E-state index in [1.807, 2.05) is 0 Å². The van der Waals surface area contributed by atoms with Gasteiger partial charge in [0, 0.05) is 36.0 Å². The molecule has 0 amide bonds. The number of phenols is 2. The van der Waals surface area contributed by atoms with Crippen molar-refractivity contribution in [3.63, 3.8) is 0 Å². The SMILES string of the molecule is CCC1(O)CC(OC2CC(O)C(OC3CC(O)C(O)C(C)O3)C(C)O2)c2c(cc3c(c2O)C(=O)c2c(O)cccc2C3=O)C1C(=O)OC. The molecular weight excluding hydrogens is 632 g/mol. The number of phenolic OH excluding ortho intramolecular Hbond substituents is 2. The number of aromatic hydroxyl groups is 2. The Morgan fingerprint density at radius 3 is 2.25 bits per heavy atom. The molecule has 2 aliphatic heterocycles. The number of benzene rings is 2. The predicted molar refractivity (Wildman–Crippen MR) is 162 cm³/mol. The first-order valence-electron chi connectivity index (χ1n) is 16.0. The number of aliphatic hydroxyl groups excluding tert-OH is 3. The van der Waals surface area contributed by atoms with Crippen molar-refractivity contribution in [3.05, 3.63) is 57.6 Å². The van der Waals surface area contributed by atoms with E-state index >= 15 is 0 Å². The Bertz CT molecular complexity index is 1600. The van der Waals surface area contributed by atoms with Crippen LogP contribution in [0.4, 0.5) is 0 Å². The summed E-state index contributed by atoms with van der Waals surface area (Å²) < 4.78 is 29.0. The van der Waals surface area contributed by atoms with Crippen LogP contribution in [0.5, 0.6) is 11.5 Å². The summed E-state index contributed by atoms with van der Waals surface area (Å²) in [4.78, 5) is 40.6. The topological polar surface area (TPSA) is 219 Å². The quantitative estimate of drug-likeness (QED) is 0.204. The van der Waals surface area contributed by atoms with Gasteiger partial charge in [0.25, 0.3) is 0 Å². The molecule has 14 nitrogen and oxygen atoms in total. The van der Waals surface area contributed by atoms with Gasteiger partial charge in [-0.05, 0) is 38.0 Å². The number of esters is 1. The predicted octanol–water partition coefficient (Wildman–Crippen LogP) is 1.47. The highest BCUT2D eigenvalue weighted by molar-refractivity contribution is 6.30. The van der Waals surface area contributed by atoms with Gasteiger partial charge in [-0.1, -0.05) is 19.1 Å². The van der Waals surface area contributed by atoms with E-state index in [4.69, 9.17) is 23.7 Å². The van der Waals surface area contributed by atoms with Gasteiger partial charge < -0.3 is 54.3 Å². The summed E-state index contributed by atoms with van der Waals surface area (Å²) in [6.07, 6.45) is -9.35. The van der Waals surface area contributed by atoms with E-state index in [1.54, 1.807) is 20.8 Å². The highest BCUT2D eigenvalue weighted by Crippen LogP contribution is 2.54. The van der Waals surface area contributed by atoms with Gasteiger partial charge in [-0.2, -0.15) is 0 Å². The maximum atomic E-state index is 13.7. The number of aliphatic hydroxyl groups is 4. The zero-order valence-electron chi connectivity index (χ0n) is 26.9. The van der Waals surface area contributed by atoms with Crippen LogP contribution in [0.2, 0.25) is 0 Å². The standard InChI is InChI=1S/C34H40O14/c1-5-34(43)12-21(47-22-11-20(37)32(14(3)46-22)48-23-10-19(36)28(38)13(2)45-23)25-16(27(34)33(42)44-4)9-17-26(31(25)41)30(40)24-15(29(17)39)7-6-8-18(24)35/h6-9,13-14,19-23,27-28,32,35-38,41,43H,5,10-12H2,1-4H3. The summed E-state index contributed by atoms with van der Waals surface area (Å²) in [6.45, 7) is 4.87. The van der Waals surface area contributed by atoms with Crippen molar-refractivity contribution in [3.8, 4) is 11.5 Å². The first-order valence-corrected chi connectivity index (χ1v) is 16.0. The molecule has 4 aliphatic rings. The lowest BCUT2D eigenvalue weighted by Gasteiger charge is -2.46. The number of ether oxygens (including phenoxy) is 5. The van der Waals surface area contributed by atoms with Crippen LogP contribution < -0.4 is 0 Å². The van der Waals surface area contributed by atoms with Gasteiger partial charge in [0.2, 0.25) is 5.78 Å². The van der Waals surface area contributed by atoms with Crippen molar-refractivity contribution in [2.24, 2.45) is 0 Å². The minimum Gasteiger partial charge on any atom is -0.507 e. The summed E-state index contributed by atoms with van der Waals surface area (Å²) >= 11 is 0. The molecule has 2 saturated heterocycles. The zero-order chi connectivity index (χ0) is 34.8. The Morgan fingerprint density at radius 1 is 0.938 bits per heavy atom. The van der Waals surface area contributed by atoms with Crippen LogP contribution in [0.1, 0.15) is 101 Å². The van der Waals surface area contributed by atoms with E-state index in [0.717, 1.165) is 7.11 Å². The van der Waals surface area contributed by atoms with Gasteiger partial charge in [-0.3, -0.25) is 14.4 Å². The molecule has 14 heteroatoms. The summed E-state index contributed by atoms with van der Waals surface area (Å²) in [7, 11) is 1.14. The molecule has 0 aromatic heterocycles. The second-order valence-corrected chi connectivity index (χ2v) is 13.0. The fourth-order valence-corrected chi connectivity index (χ4v) is 7.46. The fourth-order valence-electron chi connectivity index (χ4n) is 7.46. The zero-order valence-corrected chi connectivity index (χ0v) is 26.9. The third-order valence-corrected chi connectivity index (χ3v) is 10.1. The summed E-state index contributed by atoms with van der Waals surface area (Å²) in [5.41, 5.74) is -2.74. The third-order valence-electron chi connectivity index (χ3n) is 10.1.